The first-order chi connectivity index (χ1) is 9.17. The van der Waals surface area contributed by atoms with Crippen molar-refractivity contribution in [1.29, 1.82) is 0 Å². The van der Waals surface area contributed by atoms with E-state index in [0.29, 0.717) is 11.0 Å². The van der Waals surface area contributed by atoms with Crippen molar-refractivity contribution >= 4 is 33.8 Å². The fourth-order valence-corrected chi connectivity index (χ4v) is 2.88. The second kappa shape index (κ2) is 4.79. The number of fused-ring (bicyclic) bond motifs is 1. The van der Waals surface area contributed by atoms with Crippen molar-refractivity contribution in [2.24, 2.45) is 0 Å². The van der Waals surface area contributed by atoms with Gasteiger partial charge >= 0.3 is 0 Å². The highest BCUT2D eigenvalue weighted by atomic mass is 35.5. The van der Waals surface area contributed by atoms with Crippen LogP contribution >= 0.6 is 22.9 Å². The molecule has 5 heteroatoms. The Bertz CT molecular complexity index is 754. The number of methoxy groups -OCH3 is 1. The first-order valence-corrected chi connectivity index (χ1v) is 7.00. The van der Waals surface area contributed by atoms with Gasteiger partial charge in [-0.15, -0.1) is 11.3 Å². The summed E-state index contributed by atoms with van der Waals surface area (Å²) in [6.45, 7) is 2.02. The van der Waals surface area contributed by atoms with Gasteiger partial charge in [-0.3, -0.25) is 0 Å². The first-order valence-electron chi connectivity index (χ1n) is 5.74. The van der Waals surface area contributed by atoms with Gasteiger partial charge in [-0.1, -0.05) is 23.2 Å². The fourth-order valence-electron chi connectivity index (χ4n) is 1.86. The predicted octanol–water partition coefficient (Wildman–Crippen LogP) is 4.33. The molecule has 3 aromatic rings. The molecule has 3 nitrogen and oxygen atoms in total. The highest BCUT2D eigenvalue weighted by Gasteiger charge is 2.10. The molecule has 2 heterocycles. The standard InChI is InChI=1S/C14H11ClN2OS/c1-8-3-4-11-10(5-8)13(15)17-14(16-11)12-6-9(18-2)7-19-12/h3-7H,1-2H3. The summed E-state index contributed by atoms with van der Waals surface area (Å²) < 4.78 is 5.17. The lowest BCUT2D eigenvalue weighted by molar-refractivity contribution is 0.417. The lowest BCUT2D eigenvalue weighted by atomic mass is 10.2. The topological polar surface area (TPSA) is 35.0 Å². The summed E-state index contributed by atoms with van der Waals surface area (Å²) in [5, 5.41) is 3.29. The summed E-state index contributed by atoms with van der Waals surface area (Å²) in [6, 6.07) is 7.89. The van der Waals surface area contributed by atoms with Gasteiger partial charge in [0.1, 0.15) is 10.9 Å². The predicted molar refractivity (Wildman–Crippen MR) is 79.2 cm³/mol. The molecule has 0 saturated heterocycles. The Hall–Kier alpha value is -1.65. The van der Waals surface area contributed by atoms with Gasteiger partial charge in [-0.25, -0.2) is 9.97 Å². The maximum absolute atomic E-state index is 6.25. The molecule has 0 fully saturated rings. The zero-order valence-corrected chi connectivity index (χ0v) is 12.0. The van der Waals surface area contributed by atoms with Crippen molar-refractivity contribution in [3.63, 3.8) is 0 Å². The molecule has 0 aliphatic heterocycles. The van der Waals surface area contributed by atoms with Crippen molar-refractivity contribution < 1.29 is 4.74 Å². The van der Waals surface area contributed by atoms with Crippen LogP contribution in [-0.4, -0.2) is 17.1 Å². The van der Waals surface area contributed by atoms with Gasteiger partial charge in [0.15, 0.2) is 5.82 Å². The summed E-state index contributed by atoms with van der Waals surface area (Å²) in [5.74, 6) is 1.44. The maximum atomic E-state index is 6.25. The summed E-state index contributed by atoms with van der Waals surface area (Å²) >= 11 is 7.79. The quantitative estimate of drug-likeness (QED) is 0.659. The van der Waals surface area contributed by atoms with Crippen LogP contribution in [0.5, 0.6) is 5.75 Å². The third-order valence-electron chi connectivity index (χ3n) is 2.84. The van der Waals surface area contributed by atoms with E-state index in [4.69, 9.17) is 16.3 Å². The van der Waals surface area contributed by atoms with Crippen LogP contribution in [0.3, 0.4) is 0 Å². The summed E-state index contributed by atoms with van der Waals surface area (Å²) in [6.07, 6.45) is 0. The van der Waals surface area contributed by atoms with Gasteiger partial charge in [0.05, 0.1) is 17.5 Å². The number of aromatic nitrogens is 2. The van der Waals surface area contributed by atoms with E-state index in [0.717, 1.165) is 27.1 Å². The lowest BCUT2D eigenvalue weighted by Crippen LogP contribution is -1.90. The Kier molecular flexibility index (Phi) is 3.12. The molecule has 0 amide bonds. The smallest absolute Gasteiger partial charge is 0.171 e. The van der Waals surface area contributed by atoms with Gasteiger partial charge in [0.2, 0.25) is 0 Å². The van der Waals surface area contributed by atoms with Crippen LogP contribution < -0.4 is 4.74 Å². The van der Waals surface area contributed by atoms with E-state index in [2.05, 4.69) is 9.97 Å². The second-order valence-corrected chi connectivity index (χ2v) is 5.48. The van der Waals surface area contributed by atoms with E-state index in [1.165, 1.54) is 11.3 Å². The maximum Gasteiger partial charge on any atom is 0.171 e. The van der Waals surface area contributed by atoms with Gasteiger partial charge < -0.3 is 4.74 Å². The van der Waals surface area contributed by atoms with E-state index >= 15 is 0 Å². The van der Waals surface area contributed by atoms with Crippen molar-refractivity contribution in [2.75, 3.05) is 7.11 Å². The van der Waals surface area contributed by atoms with E-state index in [1.54, 1.807) is 7.11 Å². The Balaban J connectivity index is 2.17. The van der Waals surface area contributed by atoms with E-state index in [9.17, 15) is 0 Å². The number of aryl methyl sites for hydroxylation is 1. The minimum absolute atomic E-state index is 0.482. The molecule has 3 rings (SSSR count). The number of benzene rings is 1. The number of thiophene rings is 1. The molecule has 0 radical (unpaired) electrons. The number of ether oxygens (including phenoxy) is 1. The van der Waals surface area contributed by atoms with Crippen molar-refractivity contribution in [3.8, 4) is 16.5 Å². The third kappa shape index (κ3) is 2.29. The van der Waals surface area contributed by atoms with Gasteiger partial charge in [0, 0.05) is 16.8 Å². The van der Waals surface area contributed by atoms with E-state index < -0.39 is 0 Å². The van der Waals surface area contributed by atoms with Crippen LogP contribution in [0.25, 0.3) is 21.6 Å². The molecule has 0 aliphatic rings. The number of hydrogen-bond donors (Lipinski definition) is 0. The monoisotopic (exact) mass is 290 g/mol. The Morgan fingerprint density at radius 1 is 1.21 bits per heavy atom. The van der Waals surface area contributed by atoms with Crippen LogP contribution in [-0.2, 0) is 0 Å². The van der Waals surface area contributed by atoms with Gasteiger partial charge in [0.25, 0.3) is 0 Å². The highest BCUT2D eigenvalue weighted by Crippen LogP contribution is 2.31. The molecule has 0 bridgehead atoms. The molecular formula is C14H11ClN2OS. The number of hydrogen-bond acceptors (Lipinski definition) is 4. The van der Waals surface area contributed by atoms with Crippen molar-refractivity contribution in [2.45, 2.75) is 6.92 Å². The average molecular weight is 291 g/mol. The Morgan fingerprint density at radius 2 is 2.05 bits per heavy atom. The highest BCUT2D eigenvalue weighted by molar-refractivity contribution is 7.13. The minimum atomic E-state index is 0.482. The zero-order valence-electron chi connectivity index (χ0n) is 10.5. The summed E-state index contributed by atoms with van der Waals surface area (Å²) in [7, 11) is 1.64. The molecule has 0 aliphatic carbocycles. The molecule has 1 aromatic carbocycles. The van der Waals surface area contributed by atoms with E-state index in [1.807, 2.05) is 36.6 Å². The van der Waals surface area contributed by atoms with Crippen LogP contribution in [0.15, 0.2) is 29.6 Å². The molecule has 0 atom stereocenters. The van der Waals surface area contributed by atoms with Crippen LogP contribution in [0.2, 0.25) is 5.15 Å². The normalized spacial score (nSPS) is 10.9. The van der Waals surface area contributed by atoms with Crippen LogP contribution in [0.4, 0.5) is 0 Å². The Morgan fingerprint density at radius 3 is 2.79 bits per heavy atom. The molecule has 96 valence electrons. The molecule has 0 unspecified atom stereocenters. The van der Waals surface area contributed by atoms with Crippen molar-refractivity contribution in [1.82, 2.24) is 9.97 Å². The average Bonchev–Trinajstić information content (AvgIpc) is 2.88. The second-order valence-electron chi connectivity index (χ2n) is 4.21. The summed E-state index contributed by atoms with van der Waals surface area (Å²) in [5.41, 5.74) is 2.00. The molecule has 2 aromatic heterocycles. The fraction of sp³-hybridized carbons (Fsp3) is 0.143. The van der Waals surface area contributed by atoms with Gasteiger partial charge in [-0.2, -0.15) is 0 Å². The SMILES string of the molecule is COc1csc(-c2nc(Cl)c3cc(C)ccc3n2)c1. The van der Waals surface area contributed by atoms with Crippen molar-refractivity contribution in [3.05, 3.63) is 40.4 Å². The minimum Gasteiger partial charge on any atom is -0.496 e. The molecule has 0 spiro atoms. The largest absolute Gasteiger partial charge is 0.496 e. The molecule has 0 N–H and O–H groups in total. The molecular weight excluding hydrogens is 280 g/mol. The molecule has 19 heavy (non-hydrogen) atoms. The summed E-state index contributed by atoms with van der Waals surface area (Å²) in [4.78, 5) is 9.87. The third-order valence-corrected chi connectivity index (χ3v) is 4.03. The number of halogens is 1. The lowest BCUT2D eigenvalue weighted by Gasteiger charge is -2.03. The molecule has 0 saturated carbocycles. The zero-order chi connectivity index (χ0) is 13.4. The number of nitrogens with zero attached hydrogens (tertiary/aromatic N) is 2. The Labute approximate surface area is 119 Å². The number of rotatable bonds is 2. The van der Waals surface area contributed by atoms with Crippen LogP contribution in [0.1, 0.15) is 5.56 Å². The first kappa shape index (κ1) is 12.4. The van der Waals surface area contributed by atoms with E-state index in [-0.39, 0.29) is 0 Å². The van der Waals surface area contributed by atoms with Crippen LogP contribution in [0, 0.1) is 6.92 Å². The van der Waals surface area contributed by atoms with Gasteiger partial charge in [-0.05, 0) is 19.1 Å².